The molecule has 0 bridgehead atoms. The summed E-state index contributed by atoms with van der Waals surface area (Å²) in [6.07, 6.45) is 6.63. The van der Waals surface area contributed by atoms with Crippen LogP contribution in [-0.2, 0) is 4.74 Å². The summed E-state index contributed by atoms with van der Waals surface area (Å²) < 4.78 is 6.96. The molecule has 1 unspecified atom stereocenters. The molecule has 9 nitrogen and oxygen atoms in total. The summed E-state index contributed by atoms with van der Waals surface area (Å²) in [5.41, 5.74) is 3.46. The number of benzene rings is 1. The maximum absolute atomic E-state index is 12.3. The van der Waals surface area contributed by atoms with Gasteiger partial charge in [0.1, 0.15) is 18.8 Å². The van der Waals surface area contributed by atoms with Crippen LogP contribution >= 0.6 is 0 Å². The minimum Gasteiger partial charge on any atom is -0.447 e. The minimum absolute atomic E-state index is 0.00876. The number of carbonyl (C=O) groups is 1. The number of H-pyrrole nitrogens is 1. The van der Waals surface area contributed by atoms with Crippen LogP contribution in [0.25, 0.3) is 28.2 Å². The Bertz CT molecular complexity index is 1150. The number of amides is 1. The first-order chi connectivity index (χ1) is 14.2. The van der Waals surface area contributed by atoms with Gasteiger partial charge in [0, 0.05) is 17.3 Å². The normalized spacial score (nSPS) is 16.5. The molecule has 29 heavy (non-hydrogen) atoms. The maximum atomic E-state index is 12.3. The Labute approximate surface area is 166 Å². The monoisotopic (exact) mass is 389 g/mol. The molecule has 0 saturated carbocycles. The van der Waals surface area contributed by atoms with Crippen molar-refractivity contribution >= 4 is 17.6 Å². The maximum Gasteiger partial charge on any atom is 0.415 e. The van der Waals surface area contributed by atoms with E-state index in [0.29, 0.717) is 23.9 Å². The second-order valence-corrected chi connectivity index (χ2v) is 6.90. The molecule has 1 aliphatic heterocycles. The molecule has 0 spiro atoms. The lowest BCUT2D eigenvalue weighted by Crippen LogP contribution is -2.34. The number of nitrogens with zero attached hydrogens (tertiary/aromatic N) is 6. The van der Waals surface area contributed by atoms with E-state index in [9.17, 15) is 4.79 Å². The van der Waals surface area contributed by atoms with E-state index in [1.165, 1.54) is 0 Å². The van der Waals surface area contributed by atoms with E-state index in [4.69, 9.17) is 9.72 Å². The molecule has 3 aromatic heterocycles. The standard InChI is InChI=1S/C20H19N7O2/c1-2-3-15-11-29-20(28)27(15)17-8-9-26-19(24-17)16(10-23-26)13-4-6-14(7-5-13)18-21-12-22-25-18/h4-10,12,15H,2-3,11H2,1H3,(H,21,22,25). The highest BCUT2D eigenvalue weighted by molar-refractivity contribution is 5.90. The van der Waals surface area contributed by atoms with Gasteiger partial charge in [0.25, 0.3) is 0 Å². The minimum atomic E-state index is -0.350. The average molecular weight is 389 g/mol. The zero-order valence-corrected chi connectivity index (χ0v) is 15.8. The summed E-state index contributed by atoms with van der Waals surface area (Å²) in [5.74, 6) is 1.23. The van der Waals surface area contributed by atoms with Gasteiger partial charge in [-0.15, -0.1) is 0 Å². The molecule has 5 rings (SSSR count). The van der Waals surface area contributed by atoms with Crippen LogP contribution in [0, 0.1) is 0 Å². The van der Waals surface area contributed by atoms with Gasteiger partial charge in [0.15, 0.2) is 11.5 Å². The predicted molar refractivity (Wildman–Crippen MR) is 106 cm³/mol. The average Bonchev–Trinajstić information content (AvgIpc) is 3.48. The zero-order chi connectivity index (χ0) is 19.8. The second kappa shape index (κ2) is 7.01. The first kappa shape index (κ1) is 17.4. The number of aromatic nitrogens is 6. The van der Waals surface area contributed by atoms with Crippen LogP contribution in [0.4, 0.5) is 10.6 Å². The summed E-state index contributed by atoms with van der Waals surface area (Å²) in [6.45, 7) is 2.49. The van der Waals surface area contributed by atoms with Gasteiger partial charge in [-0.1, -0.05) is 37.6 Å². The summed E-state index contributed by atoms with van der Waals surface area (Å²) in [7, 11) is 0. The first-order valence-corrected chi connectivity index (χ1v) is 9.51. The van der Waals surface area contributed by atoms with E-state index in [0.717, 1.165) is 29.5 Å². The Morgan fingerprint density at radius 1 is 1.21 bits per heavy atom. The van der Waals surface area contributed by atoms with Crippen molar-refractivity contribution < 1.29 is 9.53 Å². The molecular weight excluding hydrogens is 370 g/mol. The molecule has 4 heterocycles. The molecule has 1 saturated heterocycles. The van der Waals surface area contributed by atoms with Gasteiger partial charge < -0.3 is 4.74 Å². The number of hydrogen-bond donors (Lipinski definition) is 1. The van der Waals surface area contributed by atoms with Crippen molar-refractivity contribution in [3.8, 4) is 22.5 Å². The highest BCUT2D eigenvalue weighted by atomic mass is 16.6. The molecule has 146 valence electrons. The Morgan fingerprint density at radius 2 is 2.03 bits per heavy atom. The van der Waals surface area contributed by atoms with Crippen LogP contribution in [0.2, 0.25) is 0 Å². The molecule has 1 aliphatic rings. The number of aromatic amines is 1. The molecule has 0 aliphatic carbocycles. The van der Waals surface area contributed by atoms with Crippen LogP contribution in [0.15, 0.2) is 49.1 Å². The highest BCUT2D eigenvalue weighted by Gasteiger charge is 2.34. The third-order valence-electron chi connectivity index (χ3n) is 5.05. The topological polar surface area (TPSA) is 101 Å². The molecule has 0 radical (unpaired) electrons. The molecule has 9 heteroatoms. The second-order valence-electron chi connectivity index (χ2n) is 6.90. The van der Waals surface area contributed by atoms with Gasteiger partial charge in [0.05, 0.1) is 12.2 Å². The van der Waals surface area contributed by atoms with Gasteiger partial charge in [-0.2, -0.15) is 10.2 Å². The number of nitrogens with one attached hydrogen (secondary N) is 1. The number of anilines is 1. The number of rotatable bonds is 5. The van der Waals surface area contributed by atoms with E-state index in [1.54, 1.807) is 28.0 Å². The third kappa shape index (κ3) is 3.00. The lowest BCUT2D eigenvalue weighted by Gasteiger charge is -2.19. The van der Waals surface area contributed by atoms with E-state index in [2.05, 4.69) is 27.2 Å². The fourth-order valence-corrected chi connectivity index (χ4v) is 3.63. The third-order valence-corrected chi connectivity index (χ3v) is 5.05. The van der Waals surface area contributed by atoms with E-state index in [-0.39, 0.29) is 12.1 Å². The highest BCUT2D eigenvalue weighted by Crippen LogP contribution is 2.29. The zero-order valence-electron chi connectivity index (χ0n) is 15.8. The van der Waals surface area contributed by atoms with E-state index < -0.39 is 0 Å². The van der Waals surface area contributed by atoms with Crippen LogP contribution in [-0.4, -0.2) is 48.5 Å². The van der Waals surface area contributed by atoms with Crippen molar-refractivity contribution in [2.45, 2.75) is 25.8 Å². The number of cyclic esters (lactones) is 1. The van der Waals surface area contributed by atoms with Crippen molar-refractivity contribution in [1.29, 1.82) is 0 Å². The summed E-state index contributed by atoms with van der Waals surface area (Å²) in [5, 5.41) is 11.2. The lowest BCUT2D eigenvalue weighted by atomic mass is 10.1. The number of carbonyl (C=O) groups excluding carboxylic acids is 1. The SMILES string of the molecule is CCCC1COC(=O)N1c1ccn2ncc(-c3ccc(-c4nc[nH]n4)cc3)c2n1. The Kier molecular flexibility index (Phi) is 4.19. The number of fused-ring (bicyclic) bond motifs is 1. The Morgan fingerprint density at radius 3 is 2.79 bits per heavy atom. The quantitative estimate of drug-likeness (QED) is 0.562. The molecular formula is C20H19N7O2. The molecule has 1 amide bonds. The van der Waals surface area contributed by atoms with Crippen molar-refractivity contribution in [2.24, 2.45) is 0 Å². The molecule has 1 atom stereocenters. The number of ether oxygens (including phenoxy) is 1. The van der Waals surface area contributed by atoms with Crippen LogP contribution in [0.1, 0.15) is 19.8 Å². The van der Waals surface area contributed by atoms with Crippen LogP contribution in [0.3, 0.4) is 0 Å². The van der Waals surface area contributed by atoms with E-state index >= 15 is 0 Å². The van der Waals surface area contributed by atoms with Gasteiger partial charge in [-0.3, -0.25) is 10.00 Å². The van der Waals surface area contributed by atoms with Crippen molar-refractivity contribution in [3.05, 3.63) is 49.1 Å². The van der Waals surface area contributed by atoms with Crippen molar-refractivity contribution in [3.63, 3.8) is 0 Å². The Balaban J connectivity index is 1.52. The lowest BCUT2D eigenvalue weighted by molar-refractivity contribution is 0.178. The van der Waals surface area contributed by atoms with E-state index in [1.807, 2.05) is 30.5 Å². The molecule has 4 aromatic rings. The van der Waals surface area contributed by atoms with Crippen LogP contribution < -0.4 is 4.90 Å². The van der Waals surface area contributed by atoms with Crippen LogP contribution in [0.5, 0.6) is 0 Å². The van der Waals surface area contributed by atoms with Gasteiger partial charge in [-0.25, -0.2) is 19.3 Å². The number of hydrogen-bond acceptors (Lipinski definition) is 6. The Hall–Kier alpha value is -3.75. The van der Waals surface area contributed by atoms with Gasteiger partial charge in [0.2, 0.25) is 0 Å². The summed E-state index contributed by atoms with van der Waals surface area (Å²) >= 11 is 0. The predicted octanol–water partition coefficient (Wildman–Crippen LogP) is 3.31. The first-order valence-electron chi connectivity index (χ1n) is 9.51. The van der Waals surface area contributed by atoms with Gasteiger partial charge in [-0.05, 0) is 18.1 Å². The summed E-state index contributed by atoms with van der Waals surface area (Å²) in [4.78, 5) is 22.8. The fraction of sp³-hybridized carbons (Fsp3) is 0.250. The molecule has 1 aromatic carbocycles. The van der Waals surface area contributed by atoms with Crippen molar-refractivity contribution in [1.82, 2.24) is 29.8 Å². The largest absolute Gasteiger partial charge is 0.447 e. The smallest absolute Gasteiger partial charge is 0.415 e. The molecule has 1 fully saturated rings. The summed E-state index contributed by atoms with van der Waals surface area (Å²) in [6, 6.07) is 9.70. The molecule has 1 N–H and O–H groups in total. The van der Waals surface area contributed by atoms with Crippen molar-refractivity contribution in [2.75, 3.05) is 11.5 Å². The van der Waals surface area contributed by atoms with Gasteiger partial charge >= 0.3 is 6.09 Å². The fourth-order valence-electron chi connectivity index (χ4n) is 3.63.